The van der Waals surface area contributed by atoms with Gasteiger partial charge in [0.1, 0.15) is 12.0 Å². The van der Waals surface area contributed by atoms with Gasteiger partial charge in [0.05, 0.1) is 6.26 Å². The van der Waals surface area contributed by atoms with Crippen molar-refractivity contribution in [3.8, 4) is 0 Å². The van der Waals surface area contributed by atoms with Crippen molar-refractivity contribution >= 4 is 15.9 Å². The van der Waals surface area contributed by atoms with Crippen LogP contribution >= 0.6 is 0 Å². The highest BCUT2D eigenvalue weighted by Gasteiger charge is 2.39. The number of hydrogen-bond donors (Lipinski definition) is 0. The van der Waals surface area contributed by atoms with Crippen LogP contribution in [0.4, 0.5) is 0 Å². The second kappa shape index (κ2) is 10.8. The fraction of sp³-hybridized carbons (Fsp3) is 0.607. The predicted molar refractivity (Wildman–Crippen MR) is 146 cm³/mol. The van der Waals surface area contributed by atoms with Crippen molar-refractivity contribution < 1.29 is 13.2 Å². The first-order chi connectivity index (χ1) is 17.3. The van der Waals surface area contributed by atoms with E-state index in [0.29, 0.717) is 24.8 Å². The first-order valence-corrected chi connectivity index (χ1v) is 15.1. The van der Waals surface area contributed by atoms with Gasteiger partial charge in [-0.25, -0.2) is 18.4 Å². The molecule has 0 bridgehead atoms. The molecule has 0 saturated carbocycles. The van der Waals surface area contributed by atoms with Crippen LogP contribution in [-0.4, -0.2) is 90.0 Å². The second-order valence-corrected chi connectivity index (χ2v) is 13.7. The first-order valence-electron chi connectivity index (χ1n) is 13.2. The van der Waals surface area contributed by atoms with Crippen molar-refractivity contribution in [3.05, 3.63) is 58.7 Å². The Bertz CT molecular complexity index is 1210. The Morgan fingerprint density at radius 2 is 1.68 bits per heavy atom. The number of nitrogens with zero attached hydrogens (tertiary/aromatic N) is 5. The van der Waals surface area contributed by atoms with Crippen molar-refractivity contribution in [2.45, 2.75) is 70.9 Å². The number of amides is 1. The minimum Gasteiger partial charge on any atom is -0.337 e. The maximum absolute atomic E-state index is 13.3. The van der Waals surface area contributed by atoms with Gasteiger partial charge in [-0.3, -0.25) is 9.69 Å². The molecule has 9 heteroatoms. The van der Waals surface area contributed by atoms with Crippen LogP contribution in [0.25, 0.3) is 0 Å². The summed E-state index contributed by atoms with van der Waals surface area (Å²) in [5.74, 6) is -0.0209. The summed E-state index contributed by atoms with van der Waals surface area (Å²) < 4.78 is 25.0. The van der Waals surface area contributed by atoms with Crippen molar-refractivity contribution in [3.63, 3.8) is 0 Å². The molecule has 0 N–H and O–H groups in total. The lowest BCUT2D eigenvalue weighted by atomic mass is 9.86. The highest BCUT2D eigenvalue weighted by molar-refractivity contribution is 7.88. The van der Waals surface area contributed by atoms with E-state index in [1.165, 1.54) is 28.0 Å². The molecule has 3 heterocycles. The molecule has 0 spiro atoms. The molecular weight excluding hydrogens is 486 g/mol. The topological polar surface area (TPSA) is 86.7 Å². The van der Waals surface area contributed by atoms with E-state index in [2.05, 4.69) is 59.9 Å². The number of likely N-dealkylation sites (N-methyl/N-ethyl adjacent to an activating group) is 1. The molecule has 4 rings (SSSR count). The van der Waals surface area contributed by atoms with Crippen LogP contribution in [0.15, 0.2) is 30.6 Å². The molecule has 0 radical (unpaired) electrons. The summed E-state index contributed by atoms with van der Waals surface area (Å²) in [5, 5.41) is 0. The number of benzene rings is 1. The predicted octanol–water partition coefficient (Wildman–Crippen LogP) is 3.05. The van der Waals surface area contributed by atoms with E-state index in [0.717, 1.165) is 50.0 Å². The smallest absolute Gasteiger partial charge is 0.272 e. The zero-order valence-corrected chi connectivity index (χ0v) is 23.9. The van der Waals surface area contributed by atoms with Crippen molar-refractivity contribution in [1.82, 2.24) is 24.1 Å². The molecule has 1 aromatic heterocycles. The van der Waals surface area contributed by atoms with Gasteiger partial charge in [0.15, 0.2) is 0 Å². The third-order valence-corrected chi connectivity index (χ3v) is 9.40. The number of carbonyl (C=O) groups excluding carboxylic acids is 1. The first kappa shape index (κ1) is 27.7. The van der Waals surface area contributed by atoms with Gasteiger partial charge < -0.3 is 4.90 Å². The number of rotatable bonds is 7. The monoisotopic (exact) mass is 527 g/mol. The van der Waals surface area contributed by atoms with Gasteiger partial charge in [-0.15, -0.1) is 0 Å². The fourth-order valence-electron chi connectivity index (χ4n) is 5.26. The highest BCUT2D eigenvalue weighted by atomic mass is 32.2. The molecule has 202 valence electrons. The minimum absolute atomic E-state index is 0.0209. The Kier molecular flexibility index (Phi) is 8.07. The van der Waals surface area contributed by atoms with E-state index in [9.17, 15) is 13.2 Å². The van der Waals surface area contributed by atoms with Gasteiger partial charge in [-0.2, -0.15) is 4.31 Å². The Hall–Kier alpha value is -2.36. The summed E-state index contributed by atoms with van der Waals surface area (Å²) in [6, 6.07) is 9.21. The lowest BCUT2D eigenvalue weighted by Gasteiger charge is -2.49. The number of aryl methyl sites for hydroxylation is 2. The van der Waals surface area contributed by atoms with E-state index in [4.69, 9.17) is 0 Å². The molecule has 2 saturated heterocycles. The minimum atomic E-state index is -3.16. The summed E-state index contributed by atoms with van der Waals surface area (Å²) in [5.41, 5.74) is 5.02. The lowest BCUT2D eigenvalue weighted by molar-refractivity contribution is 0.0172. The summed E-state index contributed by atoms with van der Waals surface area (Å²) in [4.78, 5) is 26.4. The fourth-order valence-corrected chi connectivity index (χ4v) is 5.93. The average molecular weight is 528 g/mol. The number of hydrogen-bond acceptors (Lipinski definition) is 6. The molecule has 2 aliphatic rings. The zero-order valence-electron chi connectivity index (χ0n) is 23.1. The van der Waals surface area contributed by atoms with E-state index in [-0.39, 0.29) is 17.4 Å². The molecule has 1 aromatic carbocycles. The van der Waals surface area contributed by atoms with Gasteiger partial charge in [0, 0.05) is 56.6 Å². The molecular formula is C28H41N5O3S. The van der Waals surface area contributed by atoms with Gasteiger partial charge in [-0.1, -0.05) is 45.0 Å². The number of sulfonamides is 1. The van der Waals surface area contributed by atoms with E-state index in [1.807, 2.05) is 11.8 Å². The van der Waals surface area contributed by atoms with Crippen LogP contribution in [-0.2, 0) is 28.3 Å². The van der Waals surface area contributed by atoms with E-state index >= 15 is 0 Å². The highest BCUT2D eigenvalue weighted by Crippen LogP contribution is 2.26. The van der Waals surface area contributed by atoms with Gasteiger partial charge >= 0.3 is 0 Å². The van der Waals surface area contributed by atoms with Gasteiger partial charge in [0.2, 0.25) is 10.0 Å². The number of piperidine rings is 1. The quantitative estimate of drug-likeness (QED) is 0.550. The number of aromatic nitrogens is 2. The van der Waals surface area contributed by atoms with Crippen LogP contribution in [0.3, 0.4) is 0 Å². The maximum atomic E-state index is 13.3. The van der Waals surface area contributed by atoms with E-state index in [1.54, 1.807) is 7.05 Å². The summed E-state index contributed by atoms with van der Waals surface area (Å²) in [6.45, 7) is 11.5. The van der Waals surface area contributed by atoms with Crippen LogP contribution in [0.1, 0.15) is 66.5 Å². The van der Waals surface area contributed by atoms with Crippen LogP contribution in [0.2, 0.25) is 0 Å². The van der Waals surface area contributed by atoms with Crippen molar-refractivity contribution in [1.29, 1.82) is 0 Å². The van der Waals surface area contributed by atoms with Crippen molar-refractivity contribution in [2.75, 3.05) is 39.5 Å². The maximum Gasteiger partial charge on any atom is 0.272 e. The van der Waals surface area contributed by atoms with Gasteiger partial charge in [-0.05, 0) is 49.1 Å². The van der Waals surface area contributed by atoms with Crippen molar-refractivity contribution in [2.24, 2.45) is 0 Å². The van der Waals surface area contributed by atoms with Crippen LogP contribution in [0.5, 0.6) is 0 Å². The van der Waals surface area contributed by atoms with Crippen LogP contribution < -0.4 is 0 Å². The molecule has 2 aromatic rings. The lowest BCUT2D eigenvalue weighted by Crippen LogP contribution is -2.63. The number of likely N-dealkylation sites (tertiary alicyclic amines) is 2. The molecule has 1 amide bonds. The standard InChI is InChI=1S/C28H41N5O3S/c1-20-25(12-9-21-7-10-22(11-8-21)28(2,3)4)29-19-30-26(20)27(34)32-15-13-23(14-16-32)33-17-24(18-33)31(5)37(6,35)36/h7-8,10-11,19,23-24H,9,12-18H2,1-6H3. The molecule has 37 heavy (non-hydrogen) atoms. The largest absolute Gasteiger partial charge is 0.337 e. The summed E-state index contributed by atoms with van der Waals surface area (Å²) >= 11 is 0. The third-order valence-electron chi connectivity index (χ3n) is 8.06. The van der Waals surface area contributed by atoms with E-state index < -0.39 is 10.0 Å². The summed E-state index contributed by atoms with van der Waals surface area (Å²) in [7, 11) is -1.51. The molecule has 0 atom stereocenters. The summed E-state index contributed by atoms with van der Waals surface area (Å²) in [6.07, 6.45) is 6.19. The molecule has 2 fully saturated rings. The number of carbonyl (C=O) groups is 1. The zero-order chi connectivity index (χ0) is 27.0. The third kappa shape index (κ3) is 6.38. The van der Waals surface area contributed by atoms with Crippen LogP contribution in [0, 0.1) is 6.92 Å². The molecule has 0 unspecified atom stereocenters. The molecule has 8 nitrogen and oxygen atoms in total. The normalized spacial score (nSPS) is 18.3. The second-order valence-electron chi connectivity index (χ2n) is 11.7. The van der Waals surface area contributed by atoms with Gasteiger partial charge in [0.25, 0.3) is 5.91 Å². The SMILES string of the molecule is Cc1c(CCc2ccc(C(C)(C)C)cc2)ncnc1C(=O)N1CCC(N2CC(N(C)S(C)(=O)=O)C2)CC1. The Labute approximate surface area is 222 Å². The Morgan fingerprint density at radius 3 is 2.24 bits per heavy atom. The molecule has 2 aliphatic heterocycles. The average Bonchev–Trinajstić information content (AvgIpc) is 2.81. The molecule has 0 aliphatic carbocycles. The Morgan fingerprint density at radius 1 is 1.05 bits per heavy atom. The Balaban J connectivity index is 1.31.